The summed E-state index contributed by atoms with van der Waals surface area (Å²) in [6, 6.07) is 7.76. The number of nitrogens with one attached hydrogen (secondary N) is 2. The van der Waals surface area contributed by atoms with Crippen molar-refractivity contribution in [2.24, 2.45) is 0 Å². The fourth-order valence-corrected chi connectivity index (χ4v) is 1.98. The Hall–Kier alpha value is -2.04. The quantitative estimate of drug-likeness (QED) is 0.846. The van der Waals surface area contributed by atoms with Crippen LogP contribution in [0.15, 0.2) is 24.3 Å². The smallest absolute Gasteiger partial charge is 0.261 e. The van der Waals surface area contributed by atoms with Crippen LogP contribution in [0.2, 0.25) is 0 Å². The molecule has 0 aliphatic rings. The summed E-state index contributed by atoms with van der Waals surface area (Å²) in [6.07, 6.45) is -0.665. The van der Waals surface area contributed by atoms with Gasteiger partial charge in [0.15, 0.2) is 6.10 Å². The molecule has 1 atom stereocenters. The molecule has 23 heavy (non-hydrogen) atoms. The van der Waals surface area contributed by atoms with Crippen LogP contribution < -0.4 is 15.4 Å². The van der Waals surface area contributed by atoms with Gasteiger partial charge in [-0.1, -0.05) is 32.9 Å². The van der Waals surface area contributed by atoms with Crippen molar-refractivity contribution < 1.29 is 14.3 Å². The van der Waals surface area contributed by atoms with E-state index in [1.54, 1.807) is 6.92 Å². The van der Waals surface area contributed by atoms with Crippen molar-refractivity contribution in [3.63, 3.8) is 0 Å². The lowest BCUT2D eigenvalue weighted by molar-refractivity contribution is -0.130. The van der Waals surface area contributed by atoms with E-state index in [1.165, 1.54) is 5.56 Å². The third-order valence-corrected chi connectivity index (χ3v) is 3.28. The maximum atomic E-state index is 11.9. The number of hydrogen-bond donors (Lipinski definition) is 2. The number of carbonyl (C=O) groups is 2. The van der Waals surface area contributed by atoms with Gasteiger partial charge in [0.1, 0.15) is 5.75 Å². The van der Waals surface area contributed by atoms with E-state index in [0.29, 0.717) is 5.75 Å². The zero-order valence-corrected chi connectivity index (χ0v) is 14.9. The Morgan fingerprint density at radius 3 is 2.13 bits per heavy atom. The maximum Gasteiger partial charge on any atom is 0.261 e. The van der Waals surface area contributed by atoms with Crippen molar-refractivity contribution in [2.45, 2.75) is 59.1 Å². The summed E-state index contributed by atoms with van der Waals surface area (Å²) in [5, 5.41) is 5.28. The van der Waals surface area contributed by atoms with Crippen LogP contribution in [0.1, 0.15) is 47.1 Å². The van der Waals surface area contributed by atoms with E-state index < -0.39 is 6.10 Å². The molecular weight excluding hydrogens is 292 g/mol. The minimum Gasteiger partial charge on any atom is -0.481 e. The molecule has 0 aliphatic carbocycles. The molecule has 0 saturated carbocycles. The summed E-state index contributed by atoms with van der Waals surface area (Å²) in [7, 11) is 0. The second kappa shape index (κ2) is 7.99. The van der Waals surface area contributed by atoms with Gasteiger partial charge in [-0.3, -0.25) is 9.59 Å². The standard InChI is InChI=1S/C18H28N2O3/c1-12(2)20-16(21)11-19-17(22)13(3)23-15-9-7-14(8-10-15)18(4,5)6/h7-10,12-13H,11H2,1-6H3,(H,19,22)(H,20,21). The zero-order valence-electron chi connectivity index (χ0n) is 14.9. The van der Waals surface area contributed by atoms with Gasteiger partial charge in [0.2, 0.25) is 5.91 Å². The fourth-order valence-electron chi connectivity index (χ4n) is 1.98. The first-order valence-corrected chi connectivity index (χ1v) is 7.94. The zero-order chi connectivity index (χ0) is 17.6. The largest absolute Gasteiger partial charge is 0.481 e. The normalized spacial score (nSPS) is 12.7. The average molecular weight is 320 g/mol. The van der Waals surface area contributed by atoms with E-state index in [4.69, 9.17) is 4.74 Å². The lowest BCUT2D eigenvalue weighted by atomic mass is 9.87. The fraction of sp³-hybridized carbons (Fsp3) is 0.556. The summed E-state index contributed by atoms with van der Waals surface area (Å²) in [5.41, 5.74) is 1.28. The average Bonchev–Trinajstić information content (AvgIpc) is 2.43. The van der Waals surface area contributed by atoms with Crippen molar-refractivity contribution in [3.8, 4) is 5.75 Å². The van der Waals surface area contributed by atoms with Crippen LogP contribution >= 0.6 is 0 Å². The van der Waals surface area contributed by atoms with Crippen molar-refractivity contribution in [1.82, 2.24) is 10.6 Å². The molecule has 1 unspecified atom stereocenters. The lowest BCUT2D eigenvalue weighted by Gasteiger charge is -2.20. The summed E-state index contributed by atoms with van der Waals surface area (Å²) in [5.74, 6) is 0.103. The minimum absolute atomic E-state index is 0.0479. The molecule has 2 N–H and O–H groups in total. The molecule has 0 aromatic heterocycles. The van der Waals surface area contributed by atoms with Gasteiger partial charge in [-0.2, -0.15) is 0 Å². The Balaban J connectivity index is 2.50. The predicted molar refractivity (Wildman–Crippen MR) is 91.5 cm³/mol. The third kappa shape index (κ3) is 6.72. The highest BCUT2D eigenvalue weighted by molar-refractivity contribution is 5.86. The van der Waals surface area contributed by atoms with Gasteiger partial charge in [-0.05, 0) is 43.9 Å². The molecule has 1 aromatic rings. The van der Waals surface area contributed by atoms with Crippen molar-refractivity contribution in [3.05, 3.63) is 29.8 Å². The van der Waals surface area contributed by atoms with Crippen LogP contribution in [0.4, 0.5) is 0 Å². The Labute approximate surface area is 138 Å². The third-order valence-electron chi connectivity index (χ3n) is 3.28. The maximum absolute atomic E-state index is 11.9. The molecule has 0 heterocycles. The monoisotopic (exact) mass is 320 g/mol. The molecule has 1 rings (SSSR count). The first-order valence-electron chi connectivity index (χ1n) is 7.94. The van der Waals surface area contributed by atoms with Crippen LogP contribution in [0.3, 0.4) is 0 Å². The van der Waals surface area contributed by atoms with E-state index in [9.17, 15) is 9.59 Å². The Morgan fingerprint density at radius 1 is 1.09 bits per heavy atom. The molecule has 2 amide bonds. The Morgan fingerprint density at radius 2 is 1.65 bits per heavy atom. The van der Waals surface area contributed by atoms with E-state index in [0.717, 1.165) is 0 Å². The summed E-state index contributed by atoms with van der Waals surface area (Å²) in [6.45, 7) is 11.8. The van der Waals surface area contributed by atoms with Crippen LogP contribution in [0.25, 0.3) is 0 Å². The summed E-state index contributed by atoms with van der Waals surface area (Å²) < 4.78 is 5.61. The molecule has 0 saturated heterocycles. The predicted octanol–water partition coefficient (Wildman–Crippen LogP) is 2.39. The molecule has 0 aliphatic heterocycles. The molecule has 0 radical (unpaired) electrons. The number of carbonyl (C=O) groups excluding carboxylic acids is 2. The first kappa shape index (κ1) is 19.0. The summed E-state index contributed by atoms with van der Waals surface area (Å²) >= 11 is 0. The van der Waals surface area contributed by atoms with Gasteiger partial charge in [0.25, 0.3) is 5.91 Å². The molecule has 0 bridgehead atoms. The van der Waals surface area contributed by atoms with Crippen molar-refractivity contribution in [2.75, 3.05) is 6.54 Å². The molecule has 0 spiro atoms. The van der Waals surface area contributed by atoms with Crippen molar-refractivity contribution >= 4 is 11.8 Å². The van der Waals surface area contributed by atoms with Crippen molar-refractivity contribution in [1.29, 1.82) is 0 Å². The topological polar surface area (TPSA) is 67.4 Å². The molecule has 1 aromatic carbocycles. The molecule has 5 heteroatoms. The second-order valence-corrected chi connectivity index (χ2v) is 6.97. The Bertz CT molecular complexity index is 530. The molecule has 128 valence electrons. The van der Waals surface area contributed by atoms with E-state index in [1.807, 2.05) is 38.1 Å². The van der Waals surface area contributed by atoms with Gasteiger partial charge in [0, 0.05) is 6.04 Å². The highest BCUT2D eigenvalue weighted by Gasteiger charge is 2.17. The van der Waals surface area contributed by atoms with E-state index in [2.05, 4.69) is 31.4 Å². The number of hydrogen-bond acceptors (Lipinski definition) is 3. The van der Waals surface area contributed by atoms with Crippen LogP contribution in [-0.4, -0.2) is 30.5 Å². The van der Waals surface area contributed by atoms with E-state index >= 15 is 0 Å². The van der Waals surface area contributed by atoms with Gasteiger partial charge in [-0.15, -0.1) is 0 Å². The van der Waals surface area contributed by atoms with Crippen LogP contribution in [-0.2, 0) is 15.0 Å². The number of amides is 2. The highest BCUT2D eigenvalue weighted by Crippen LogP contribution is 2.24. The van der Waals surface area contributed by atoms with Gasteiger partial charge >= 0.3 is 0 Å². The number of rotatable bonds is 6. The second-order valence-electron chi connectivity index (χ2n) is 6.97. The number of ether oxygens (including phenoxy) is 1. The van der Waals surface area contributed by atoms with Gasteiger partial charge in [0.05, 0.1) is 6.54 Å². The van der Waals surface area contributed by atoms with Crippen LogP contribution in [0.5, 0.6) is 5.75 Å². The Kier molecular flexibility index (Phi) is 6.61. The molecule has 5 nitrogen and oxygen atoms in total. The minimum atomic E-state index is -0.665. The lowest BCUT2D eigenvalue weighted by Crippen LogP contribution is -2.43. The van der Waals surface area contributed by atoms with Gasteiger partial charge in [-0.25, -0.2) is 0 Å². The van der Waals surface area contributed by atoms with Crippen LogP contribution in [0, 0.1) is 0 Å². The molecular formula is C18H28N2O3. The van der Waals surface area contributed by atoms with E-state index in [-0.39, 0.29) is 29.8 Å². The van der Waals surface area contributed by atoms with Gasteiger partial charge < -0.3 is 15.4 Å². The highest BCUT2D eigenvalue weighted by atomic mass is 16.5. The summed E-state index contributed by atoms with van der Waals surface area (Å²) in [4.78, 5) is 23.5. The first-order chi connectivity index (χ1) is 10.6. The molecule has 0 fully saturated rings. The SMILES string of the molecule is CC(C)NC(=O)CNC(=O)C(C)Oc1ccc(C(C)(C)C)cc1. The number of benzene rings is 1.